The number of carbonyl (C=O) groups excluding carboxylic acids is 2. The van der Waals surface area contributed by atoms with Crippen LogP contribution >= 0.6 is 0 Å². The van der Waals surface area contributed by atoms with Gasteiger partial charge in [-0.05, 0) is 24.6 Å². The summed E-state index contributed by atoms with van der Waals surface area (Å²) in [4.78, 5) is 24.4. The van der Waals surface area contributed by atoms with Crippen LogP contribution in [-0.4, -0.2) is 17.9 Å². The average Bonchev–Trinajstić information content (AvgIpc) is 2.89. The fraction of sp³-hybridized carbons (Fsp3) is 0.176. The Morgan fingerprint density at radius 1 is 1.09 bits per heavy atom. The van der Waals surface area contributed by atoms with Crippen LogP contribution in [0.2, 0.25) is 0 Å². The fourth-order valence-corrected chi connectivity index (χ4v) is 2.56. The van der Waals surface area contributed by atoms with Crippen LogP contribution < -0.4 is 16.2 Å². The quantitative estimate of drug-likeness (QED) is 0.803. The summed E-state index contributed by atoms with van der Waals surface area (Å²) in [5.74, 6) is -0.497. The molecule has 0 spiro atoms. The first kappa shape index (κ1) is 14.3. The predicted molar refractivity (Wildman–Crippen MR) is 82.9 cm³/mol. The molecule has 112 valence electrons. The van der Waals surface area contributed by atoms with Crippen LogP contribution in [0.3, 0.4) is 0 Å². The molecule has 1 fully saturated rings. The summed E-state index contributed by atoms with van der Waals surface area (Å²) in [6.07, 6.45) is 0. The van der Waals surface area contributed by atoms with Crippen molar-refractivity contribution < 1.29 is 9.59 Å². The third kappa shape index (κ3) is 2.84. The number of hydrogen-bond acceptors (Lipinski definition) is 3. The highest BCUT2D eigenvalue weighted by atomic mass is 16.2. The van der Waals surface area contributed by atoms with E-state index in [-0.39, 0.29) is 17.9 Å². The number of rotatable bonds is 3. The molecule has 0 radical (unpaired) electrons. The van der Waals surface area contributed by atoms with Crippen LogP contribution in [0.25, 0.3) is 0 Å². The number of benzene rings is 2. The Bertz CT molecular complexity index is 700. The van der Waals surface area contributed by atoms with E-state index in [9.17, 15) is 9.59 Å². The van der Waals surface area contributed by atoms with Crippen molar-refractivity contribution in [2.75, 3.05) is 0 Å². The van der Waals surface area contributed by atoms with Gasteiger partial charge in [0, 0.05) is 5.56 Å². The van der Waals surface area contributed by atoms with Crippen LogP contribution in [0.5, 0.6) is 0 Å². The normalized spacial score (nSPS) is 20.5. The number of amides is 2. The predicted octanol–water partition coefficient (Wildman–Crippen LogP) is 1.47. The molecule has 3 N–H and O–H groups in total. The molecule has 1 aliphatic heterocycles. The standard InChI is InChI=1S/C17H17N3O2/c1-11-6-5-9-13(10-11)16(21)18-15-14(19-20-17(15)22)12-7-3-2-4-8-12/h2-10,14-15,19H,1H3,(H,18,21)(H,20,22)/t14-,15+/m1/s1. The van der Waals surface area contributed by atoms with Gasteiger partial charge in [-0.15, -0.1) is 0 Å². The summed E-state index contributed by atoms with van der Waals surface area (Å²) in [6.45, 7) is 1.92. The molecule has 0 bridgehead atoms. The van der Waals surface area contributed by atoms with Gasteiger partial charge in [0.25, 0.3) is 11.8 Å². The van der Waals surface area contributed by atoms with Crippen LogP contribution in [0.1, 0.15) is 27.5 Å². The Balaban J connectivity index is 1.80. The lowest BCUT2D eigenvalue weighted by molar-refractivity contribution is -0.121. The second-order valence-electron chi connectivity index (χ2n) is 5.34. The van der Waals surface area contributed by atoms with Crippen LogP contribution in [0.4, 0.5) is 0 Å². The maximum absolute atomic E-state index is 12.4. The van der Waals surface area contributed by atoms with Gasteiger partial charge in [-0.2, -0.15) is 0 Å². The molecule has 2 amide bonds. The van der Waals surface area contributed by atoms with Gasteiger partial charge in [-0.1, -0.05) is 48.0 Å². The number of nitrogens with one attached hydrogen (secondary N) is 3. The van der Waals surface area contributed by atoms with Crippen LogP contribution in [0.15, 0.2) is 54.6 Å². The van der Waals surface area contributed by atoms with Gasteiger partial charge in [0.15, 0.2) is 0 Å². The lowest BCUT2D eigenvalue weighted by Crippen LogP contribution is -2.42. The van der Waals surface area contributed by atoms with Gasteiger partial charge in [-0.25, -0.2) is 5.43 Å². The largest absolute Gasteiger partial charge is 0.338 e. The van der Waals surface area contributed by atoms with Crippen molar-refractivity contribution in [2.45, 2.75) is 19.0 Å². The van der Waals surface area contributed by atoms with Crippen molar-refractivity contribution in [3.05, 3.63) is 71.3 Å². The minimum absolute atomic E-state index is 0.241. The number of hydrogen-bond donors (Lipinski definition) is 3. The SMILES string of the molecule is Cc1cccc(C(=O)N[C@@H]2C(=O)NN[C@@H]2c2ccccc2)c1. The molecule has 22 heavy (non-hydrogen) atoms. The zero-order chi connectivity index (χ0) is 15.5. The monoisotopic (exact) mass is 295 g/mol. The van der Waals surface area contributed by atoms with E-state index in [1.807, 2.05) is 49.4 Å². The Morgan fingerprint density at radius 3 is 2.59 bits per heavy atom. The minimum atomic E-state index is -0.643. The molecule has 5 heteroatoms. The first-order chi connectivity index (χ1) is 10.6. The molecular formula is C17H17N3O2. The summed E-state index contributed by atoms with van der Waals surface area (Å²) in [7, 11) is 0. The molecule has 5 nitrogen and oxygen atoms in total. The van der Waals surface area contributed by atoms with Crippen LogP contribution in [0, 0.1) is 6.92 Å². The molecule has 1 heterocycles. The van der Waals surface area contributed by atoms with Crippen LogP contribution in [-0.2, 0) is 4.79 Å². The van der Waals surface area contributed by atoms with E-state index in [0.29, 0.717) is 5.56 Å². The molecule has 1 aliphatic rings. The van der Waals surface area contributed by atoms with Gasteiger partial charge in [0.1, 0.15) is 6.04 Å². The number of hydrazine groups is 1. The third-order valence-corrected chi connectivity index (χ3v) is 3.69. The molecule has 1 saturated heterocycles. The Morgan fingerprint density at radius 2 is 1.86 bits per heavy atom. The van der Waals surface area contributed by atoms with Gasteiger partial charge < -0.3 is 5.32 Å². The van der Waals surface area contributed by atoms with Gasteiger partial charge in [0.05, 0.1) is 6.04 Å². The summed E-state index contributed by atoms with van der Waals surface area (Å²) in [5, 5.41) is 2.81. The third-order valence-electron chi connectivity index (χ3n) is 3.69. The van der Waals surface area contributed by atoms with Crippen molar-refractivity contribution in [2.24, 2.45) is 0 Å². The smallest absolute Gasteiger partial charge is 0.258 e. The summed E-state index contributed by atoms with van der Waals surface area (Å²) in [5.41, 5.74) is 8.00. The molecule has 0 aromatic heterocycles. The first-order valence-electron chi connectivity index (χ1n) is 7.13. The van der Waals surface area contributed by atoms with Crippen molar-refractivity contribution in [1.29, 1.82) is 0 Å². The summed E-state index contributed by atoms with van der Waals surface area (Å²) in [6, 6.07) is 15.9. The molecule has 0 saturated carbocycles. The lowest BCUT2D eigenvalue weighted by atomic mass is 10.0. The average molecular weight is 295 g/mol. The first-order valence-corrected chi connectivity index (χ1v) is 7.13. The fourth-order valence-electron chi connectivity index (χ4n) is 2.56. The Kier molecular flexibility index (Phi) is 3.89. The van der Waals surface area contributed by atoms with Gasteiger partial charge in [0.2, 0.25) is 0 Å². The second-order valence-corrected chi connectivity index (χ2v) is 5.34. The van der Waals surface area contributed by atoms with E-state index in [1.54, 1.807) is 12.1 Å². The van der Waals surface area contributed by atoms with E-state index >= 15 is 0 Å². The van der Waals surface area contributed by atoms with E-state index in [2.05, 4.69) is 16.2 Å². The van der Waals surface area contributed by atoms with Gasteiger partial charge >= 0.3 is 0 Å². The Labute approximate surface area is 128 Å². The molecule has 2 aromatic rings. The highest BCUT2D eigenvalue weighted by molar-refractivity contribution is 5.98. The molecule has 2 atom stereocenters. The topological polar surface area (TPSA) is 70.2 Å². The maximum Gasteiger partial charge on any atom is 0.258 e. The number of aryl methyl sites for hydroxylation is 1. The summed E-state index contributed by atoms with van der Waals surface area (Å²) < 4.78 is 0. The highest BCUT2D eigenvalue weighted by Crippen LogP contribution is 2.20. The molecule has 0 unspecified atom stereocenters. The molecule has 3 rings (SSSR count). The lowest BCUT2D eigenvalue weighted by Gasteiger charge is -2.18. The number of carbonyl (C=O) groups is 2. The zero-order valence-electron chi connectivity index (χ0n) is 12.2. The van der Waals surface area contributed by atoms with E-state index in [0.717, 1.165) is 11.1 Å². The summed E-state index contributed by atoms with van der Waals surface area (Å²) >= 11 is 0. The Hall–Kier alpha value is -2.66. The van der Waals surface area contributed by atoms with Gasteiger partial charge in [-0.3, -0.25) is 15.0 Å². The zero-order valence-corrected chi connectivity index (χ0v) is 12.2. The minimum Gasteiger partial charge on any atom is -0.338 e. The molecule has 0 aliphatic carbocycles. The van der Waals surface area contributed by atoms with Crippen molar-refractivity contribution in [3.63, 3.8) is 0 Å². The molecular weight excluding hydrogens is 278 g/mol. The van der Waals surface area contributed by atoms with Crippen molar-refractivity contribution >= 4 is 11.8 Å². The van der Waals surface area contributed by atoms with Crippen molar-refractivity contribution in [1.82, 2.24) is 16.2 Å². The van der Waals surface area contributed by atoms with E-state index < -0.39 is 6.04 Å². The highest BCUT2D eigenvalue weighted by Gasteiger charge is 2.36. The maximum atomic E-state index is 12.4. The van der Waals surface area contributed by atoms with E-state index in [4.69, 9.17) is 0 Å². The molecule has 2 aromatic carbocycles. The van der Waals surface area contributed by atoms with E-state index in [1.165, 1.54) is 0 Å². The second kappa shape index (κ2) is 5.99. The van der Waals surface area contributed by atoms with Crippen molar-refractivity contribution in [3.8, 4) is 0 Å².